The zero-order chi connectivity index (χ0) is 14.4. The summed E-state index contributed by atoms with van der Waals surface area (Å²) in [4.78, 5) is 9.19. The van der Waals surface area contributed by atoms with Crippen LogP contribution in [0, 0.1) is 0 Å². The van der Waals surface area contributed by atoms with E-state index in [1.165, 1.54) is 12.8 Å². The Bertz CT molecular complexity index is 324. The molecule has 2 aliphatic rings. The van der Waals surface area contributed by atoms with Crippen molar-refractivity contribution >= 4 is 5.96 Å². The van der Waals surface area contributed by atoms with Crippen LogP contribution in [0.5, 0.6) is 0 Å². The van der Waals surface area contributed by atoms with Crippen molar-refractivity contribution in [1.82, 2.24) is 9.80 Å². The van der Waals surface area contributed by atoms with Crippen LogP contribution in [0.2, 0.25) is 0 Å². The van der Waals surface area contributed by atoms with Gasteiger partial charge in [-0.15, -0.1) is 0 Å². The summed E-state index contributed by atoms with van der Waals surface area (Å²) in [5.41, 5.74) is 6.11. The van der Waals surface area contributed by atoms with Crippen molar-refractivity contribution in [3.8, 4) is 0 Å². The summed E-state index contributed by atoms with van der Waals surface area (Å²) in [6.07, 6.45) is 2.69. The number of methoxy groups -OCH3 is 1. The highest BCUT2D eigenvalue weighted by Crippen LogP contribution is 2.17. The topological polar surface area (TPSA) is 63.3 Å². The summed E-state index contributed by atoms with van der Waals surface area (Å²) < 4.78 is 10.7. The van der Waals surface area contributed by atoms with E-state index in [4.69, 9.17) is 15.2 Å². The number of likely N-dealkylation sites (tertiary alicyclic amines) is 1. The first kappa shape index (κ1) is 15.5. The van der Waals surface area contributed by atoms with E-state index in [1.807, 2.05) is 0 Å². The average Bonchev–Trinajstić information content (AvgIpc) is 2.90. The van der Waals surface area contributed by atoms with Crippen molar-refractivity contribution in [2.24, 2.45) is 10.7 Å². The van der Waals surface area contributed by atoms with Gasteiger partial charge in [0, 0.05) is 32.8 Å². The number of guanidine groups is 1. The van der Waals surface area contributed by atoms with Gasteiger partial charge >= 0.3 is 0 Å². The Balaban J connectivity index is 1.81. The van der Waals surface area contributed by atoms with Crippen molar-refractivity contribution in [2.45, 2.75) is 31.9 Å². The maximum absolute atomic E-state index is 6.11. The lowest BCUT2D eigenvalue weighted by Crippen LogP contribution is -2.48. The third kappa shape index (κ3) is 4.33. The van der Waals surface area contributed by atoms with E-state index in [2.05, 4.69) is 21.7 Å². The van der Waals surface area contributed by atoms with Gasteiger partial charge in [0.15, 0.2) is 5.96 Å². The molecule has 116 valence electrons. The molecule has 2 unspecified atom stereocenters. The molecule has 6 heteroatoms. The SMILES string of the molecule is COCCN1CCCC1CN=C(N)N1CCOC(C)C1. The fourth-order valence-electron chi connectivity index (χ4n) is 2.93. The molecule has 0 radical (unpaired) electrons. The minimum atomic E-state index is 0.238. The molecule has 0 spiro atoms. The van der Waals surface area contributed by atoms with Crippen LogP contribution in [-0.2, 0) is 9.47 Å². The van der Waals surface area contributed by atoms with Gasteiger partial charge in [-0.2, -0.15) is 0 Å². The second-order valence-electron chi connectivity index (χ2n) is 5.65. The van der Waals surface area contributed by atoms with Gasteiger partial charge in [-0.3, -0.25) is 9.89 Å². The standard InChI is InChI=1S/C14H28N4O2/c1-12-11-18(7-9-20-12)14(15)16-10-13-4-3-5-17(13)6-8-19-2/h12-13H,3-11H2,1-2H3,(H2,15,16). The Hall–Kier alpha value is -0.850. The van der Waals surface area contributed by atoms with Gasteiger partial charge in [-0.05, 0) is 26.3 Å². The number of nitrogens with zero attached hydrogens (tertiary/aromatic N) is 3. The maximum Gasteiger partial charge on any atom is 0.191 e. The van der Waals surface area contributed by atoms with Gasteiger partial charge < -0.3 is 20.1 Å². The summed E-state index contributed by atoms with van der Waals surface area (Å²) in [6.45, 7) is 8.22. The lowest BCUT2D eigenvalue weighted by Gasteiger charge is -2.32. The fourth-order valence-corrected chi connectivity index (χ4v) is 2.93. The third-order valence-electron chi connectivity index (χ3n) is 4.11. The number of rotatable bonds is 5. The molecule has 0 aromatic rings. The molecule has 2 saturated heterocycles. The summed E-state index contributed by atoms with van der Waals surface area (Å²) in [6, 6.07) is 0.516. The van der Waals surface area contributed by atoms with Crippen LogP contribution in [0.3, 0.4) is 0 Å². The van der Waals surface area contributed by atoms with Gasteiger partial charge in [0.05, 0.1) is 25.9 Å². The minimum Gasteiger partial charge on any atom is -0.383 e. The predicted octanol–water partition coefficient (Wildman–Crippen LogP) is 0.133. The van der Waals surface area contributed by atoms with Crippen LogP contribution in [0.1, 0.15) is 19.8 Å². The fraction of sp³-hybridized carbons (Fsp3) is 0.929. The highest BCUT2D eigenvalue weighted by molar-refractivity contribution is 5.78. The van der Waals surface area contributed by atoms with Crippen LogP contribution in [0.4, 0.5) is 0 Å². The lowest BCUT2D eigenvalue weighted by molar-refractivity contribution is 0.00526. The van der Waals surface area contributed by atoms with E-state index in [0.717, 1.165) is 45.9 Å². The summed E-state index contributed by atoms with van der Waals surface area (Å²) in [7, 11) is 1.75. The Morgan fingerprint density at radius 1 is 1.45 bits per heavy atom. The van der Waals surface area contributed by atoms with E-state index < -0.39 is 0 Å². The van der Waals surface area contributed by atoms with Crippen LogP contribution in [0.25, 0.3) is 0 Å². The first-order chi connectivity index (χ1) is 9.70. The van der Waals surface area contributed by atoms with Gasteiger partial charge in [0.25, 0.3) is 0 Å². The lowest BCUT2D eigenvalue weighted by atomic mass is 10.2. The molecular formula is C14H28N4O2. The Morgan fingerprint density at radius 2 is 2.30 bits per heavy atom. The molecular weight excluding hydrogens is 256 g/mol. The molecule has 0 saturated carbocycles. The van der Waals surface area contributed by atoms with Crippen molar-refractivity contribution in [3.05, 3.63) is 0 Å². The van der Waals surface area contributed by atoms with E-state index in [1.54, 1.807) is 7.11 Å². The number of aliphatic imine (C=N–C) groups is 1. The Kier molecular flexibility index (Phi) is 6.06. The molecule has 0 bridgehead atoms. The zero-order valence-corrected chi connectivity index (χ0v) is 12.8. The van der Waals surface area contributed by atoms with E-state index in [0.29, 0.717) is 12.0 Å². The van der Waals surface area contributed by atoms with Crippen LogP contribution >= 0.6 is 0 Å². The first-order valence-corrected chi connectivity index (χ1v) is 7.60. The molecule has 0 aromatic carbocycles. The van der Waals surface area contributed by atoms with Crippen LogP contribution in [-0.4, -0.2) is 81.0 Å². The second-order valence-corrected chi connectivity index (χ2v) is 5.65. The van der Waals surface area contributed by atoms with Crippen LogP contribution < -0.4 is 5.73 Å². The molecule has 2 atom stereocenters. The maximum atomic E-state index is 6.11. The molecule has 0 aromatic heterocycles. The van der Waals surface area contributed by atoms with E-state index in [-0.39, 0.29) is 6.10 Å². The molecule has 6 nitrogen and oxygen atoms in total. The quantitative estimate of drug-likeness (QED) is 0.574. The van der Waals surface area contributed by atoms with Crippen LogP contribution in [0.15, 0.2) is 4.99 Å². The zero-order valence-electron chi connectivity index (χ0n) is 12.8. The van der Waals surface area contributed by atoms with Crippen molar-refractivity contribution in [3.63, 3.8) is 0 Å². The summed E-state index contributed by atoms with van der Waals surface area (Å²) >= 11 is 0. The number of nitrogens with two attached hydrogens (primary N) is 1. The first-order valence-electron chi connectivity index (χ1n) is 7.60. The largest absolute Gasteiger partial charge is 0.383 e. The summed E-state index contributed by atoms with van der Waals surface area (Å²) in [5.74, 6) is 0.666. The average molecular weight is 284 g/mol. The molecule has 2 fully saturated rings. The monoisotopic (exact) mass is 284 g/mol. The van der Waals surface area contributed by atoms with Gasteiger partial charge in [0.2, 0.25) is 0 Å². The van der Waals surface area contributed by atoms with E-state index >= 15 is 0 Å². The minimum absolute atomic E-state index is 0.238. The molecule has 20 heavy (non-hydrogen) atoms. The number of morpholine rings is 1. The molecule has 2 aliphatic heterocycles. The molecule has 2 N–H and O–H groups in total. The highest BCUT2D eigenvalue weighted by Gasteiger charge is 2.24. The Morgan fingerprint density at radius 3 is 3.05 bits per heavy atom. The third-order valence-corrected chi connectivity index (χ3v) is 4.11. The predicted molar refractivity (Wildman–Crippen MR) is 79.9 cm³/mol. The number of hydrogen-bond donors (Lipinski definition) is 1. The van der Waals surface area contributed by atoms with Crippen molar-refractivity contribution < 1.29 is 9.47 Å². The van der Waals surface area contributed by atoms with Gasteiger partial charge in [-0.25, -0.2) is 0 Å². The summed E-state index contributed by atoms with van der Waals surface area (Å²) in [5, 5.41) is 0. The molecule has 2 rings (SSSR count). The van der Waals surface area contributed by atoms with Crippen molar-refractivity contribution in [1.29, 1.82) is 0 Å². The molecule has 0 amide bonds. The number of hydrogen-bond acceptors (Lipinski definition) is 4. The second kappa shape index (κ2) is 7.81. The smallest absolute Gasteiger partial charge is 0.191 e. The molecule has 0 aliphatic carbocycles. The highest BCUT2D eigenvalue weighted by atomic mass is 16.5. The normalized spacial score (nSPS) is 29.1. The van der Waals surface area contributed by atoms with Crippen molar-refractivity contribution in [2.75, 3.05) is 53.0 Å². The van der Waals surface area contributed by atoms with Gasteiger partial charge in [0.1, 0.15) is 0 Å². The van der Waals surface area contributed by atoms with E-state index in [9.17, 15) is 0 Å². The number of ether oxygens (including phenoxy) is 2. The molecule has 2 heterocycles. The van der Waals surface area contributed by atoms with Gasteiger partial charge in [-0.1, -0.05) is 0 Å². The Labute approximate surface area is 121 Å².